The molecule has 3 aromatic heterocycles. The fourth-order valence-electron chi connectivity index (χ4n) is 2.13. The molecule has 4 heteroatoms. The van der Waals surface area contributed by atoms with Crippen molar-refractivity contribution in [3.05, 3.63) is 98.7 Å². The summed E-state index contributed by atoms with van der Waals surface area (Å²) in [6.45, 7) is 17.6. The molecule has 4 nitrogen and oxygen atoms in total. The van der Waals surface area contributed by atoms with E-state index in [9.17, 15) is 0 Å². The van der Waals surface area contributed by atoms with Gasteiger partial charge in [-0.25, -0.2) is 4.98 Å². The van der Waals surface area contributed by atoms with E-state index in [1.165, 1.54) is 0 Å². The predicted octanol–water partition coefficient (Wildman–Crippen LogP) is 6.15. The van der Waals surface area contributed by atoms with Crippen molar-refractivity contribution in [3.63, 3.8) is 0 Å². The Labute approximate surface area is 168 Å². The number of hydrogen-bond acceptors (Lipinski definition) is 4. The van der Waals surface area contributed by atoms with Crippen LogP contribution < -0.4 is 5.32 Å². The Balaban J connectivity index is 0.000000369. The molecule has 0 spiro atoms. The van der Waals surface area contributed by atoms with Gasteiger partial charge in [0.15, 0.2) is 0 Å². The Morgan fingerprint density at radius 3 is 2.18 bits per heavy atom. The van der Waals surface area contributed by atoms with Crippen molar-refractivity contribution < 1.29 is 0 Å². The van der Waals surface area contributed by atoms with Gasteiger partial charge in [0.25, 0.3) is 0 Å². The van der Waals surface area contributed by atoms with Crippen LogP contribution in [0.15, 0.2) is 93.0 Å². The van der Waals surface area contributed by atoms with Crippen molar-refractivity contribution in [1.29, 1.82) is 0 Å². The van der Waals surface area contributed by atoms with E-state index in [2.05, 4.69) is 52.7 Å². The SMILES string of the molecule is C=CC(=C)C.C=CC=C.CNc1nccc2cc(-c3ccnc(C)c3)ncc12. The minimum absolute atomic E-state index is 0.849. The summed E-state index contributed by atoms with van der Waals surface area (Å²) in [4.78, 5) is 13.0. The van der Waals surface area contributed by atoms with Crippen LogP contribution >= 0.6 is 0 Å². The molecule has 0 saturated heterocycles. The second kappa shape index (κ2) is 12.0. The number of nitrogens with one attached hydrogen (secondary N) is 1. The Hall–Kier alpha value is -3.53. The third-order valence-electron chi connectivity index (χ3n) is 3.59. The fraction of sp³-hybridized carbons (Fsp3) is 0.125. The molecule has 0 bridgehead atoms. The van der Waals surface area contributed by atoms with Crippen molar-refractivity contribution in [1.82, 2.24) is 15.0 Å². The molecule has 144 valence electrons. The Bertz CT molecular complexity index is 952. The van der Waals surface area contributed by atoms with Crippen LogP contribution in [0.2, 0.25) is 0 Å². The van der Waals surface area contributed by atoms with Gasteiger partial charge in [-0.1, -0.05) is 50.1 Å². The summed E-state index contributed by atoms with van der Waals surface area (Å²) in [5, 5.41) is 5.23. The molecule has 3 rings (SSSR count). The minimum atomic E-state index is 0.849. The first kappa shape index (κ1) is 22.5. The highest BCUT2D eigenvalue weighted by molar-refractivity contribution is 5.92. The van der Waals surface area contributed by atoms with Crippen LogP contribution in [0.4, 0.5) is 5.82 Å². The van der Waals surface area contributed by atoms with E-state index in [0.717, 1.165) is 39.1 Å². The highest BCUT2D eigenvalue weighted by Crippen LogP contribution is 2.25. The van der Waals surface area contributed by atoms with Gasteiger partial charge in [0.1, 0.15) is 5.82 Å². The zero-order valence-electron chi connectivity index (χ0n) is 16.9. The third kappa shape index (κ3) is 7.00. The van der Waals surface area contributed by atoms with Crippen LogP contribution in [0, 0.1) is 6.92 Å². The van der Waals surface area contributed by atoms with Gasteiger partial charge in [0, 0.05) is 42.3 Å². The van der Waals surface area contributed by atoms with E-state index in [1.807, 2.05) is 51.5 Å². The first-order chi connectivity index (χ1) is 13.5. The van der Waals surface area contributed by atoms with Gasteiger partial charge in [0.2, 0.25) is 0 Å². The highest BCUT2D eigenvalue weighted by atomic mass is 15.0. The van der Waals surface area contributed by atoms with Crippen molar-refractivity contribution >= 4 is 16.6 Å². The minimum Gasteiger partial charge on any atom is -0.373 e. The molecule has 1 N–H and O–H groups in total. The molecule has 0 fully saturated rings. The summed E-state index contributed by atoms with van der Waals surface area (Å²) in [7, 11) is 1.86. The molecule has 0 aromatic carbocycles. The molecule has 3 heterocycles. The first-order valence-corrected chi connectivity index (χ1v) is 8.83. The van der Waals surface area contributed by atoms with Gasteiger partial charge in [-0.15, -0.1) is 0 Å². The monoisotopic (exact) mass is 372 g/mol. The molecule has 0 radical (unpaired) electrons. The molecule has 0 aliphatic rings. The van der Waals surface area contributed by atoms with Gasteiger partial charge in [-0.05, 0) is 43.5 Å². The molecular formula is C24H28N4. The predicted molar refractivity (Wildman–Crippen MR) is 122 cm³/mol. The summed E-state index contributed by atoms with van der Waals surface area (Å²) in [5.41, 5.74) is 4.04. The summed E-state index contributed by atoms with van der Waals surface area (Å²) >= 11 is 0. The van der Waals surface area contributed by atoms with E-state index in [0.29, 0.717) is 0 Å². The largest absolute Gasteiger partial charge is 0.373 e. The van der Waals surface area contributed by atoms with Crippen LogP contribution in [-0.4, -0.2) is 22.0 Å². The average Bonchev–Trinajstić information content (AvgIpc) is 2.73. The Morgan fingerprint density at radius 1 is 1.00 bits per heavy atom. The number of hydrogen-bond donors (Lipinski definition) is 1. The molecule has 0 aliphatic heterocycles. The van der Waals surface area contributed by atoms with Gasteiger partial charge >= 0.3 is 0 Å². The number of pyridine rings is 3. The molecule has 0 atom stereocenters. The average molecular weight is 373 g/mol. The fourth-order valence-corrected chi connectivity index (χ4v) is 2.13. The lowest BCUT2D eigenvalue weighted by atomic mass is 10.1. The number of allylic oxidation sites excluding steroid dienone is 4. The summed E-state index contributed by atoms with van der Waals surface area (Å²) < 4.78 is 0. The molecule has 28 heavy (non-hydrogen) atoms. The molecule has 0 aliphatic carbocycles. The second-order valence-corrected chi connectivity index (χ2v) is 5.91. The van der Waals surface area contributed by atoms with Crippen molar-refractivity contribution in [2.75, 3.05) is 12.4 Å². The molecular weight excluding hydrogens is 344 g/mol. The van der Waals surface area contributed by atoms with Crippen molar-refractivity contribution in [2.24, 2.45) is 0 Å². The lowest BCUT2D eigenvalue weighted by molar-refractivity contribution is 1.19. The number of fused-ring (bicyclic) bond motifs is 1. The normalized spacial score (nSPS) is 9.11. The quantitative estimate of drug-likeness (QED) is 0.558. The third-order valence-corrected chi connectivity index (χ3v) is 3.59. The Kier molecular flexibility index (Phi) is 9.62. The van der Waals surface area contributed by atoms with Gasteiger partial charge in [-0.2, -0.15) is 0 Å². The van der Waals surface area contributed by atoms with E-state index >= 15 is 0 Å². The van der Waals surface area contributed by atoms with E-state index in [1.54, 1.807) is 24.4 Å². The first-order valence-electron chi connectivity index (χ1n) is 8.83. The standard InChI is InChI=1S/C15H14N4.C5H8.C4H6/c1-10-7-12(4-5-17-10)14-8-11-3-6-18-15(16-2)13(11)9-19-14;1-4-5(2)3;1-3-4-2/h3-9H,1-2H3,(H,16,18);4H,1-2H2,3H3;3-4H,1-2H2. The van der Waals surface area contributed by atoms with Crippen LogP contribution in [0.25, 0.3) is 22.0 Å². The lowest BCUT2D eigenvalue weighted by Gasteiger charge is -2.07. The maximum atomic E-state index is 4.52. The molecule has 3 aromatic rings. The summed E-state index contributed by atoms with van der Waals surface area (Å²) in [6, 6.07) is 8.08. The topological polar surface area (TPSA) is 50.7 Å². The van der Waals surface area contributed by atoms with Crippen LogP contribution in [0.1, 0.15) is 12.6 Å². The molecule has 0 unspecified atom stereocenters. The maximum Gasteiger partial charge on any atom is 0.135 e. The zero-order valence-corrected chi connectivity index (χ0v) is 16.9. The maximum absolute atomic E-state index is 4.52. The number of aryl methyl sites for hydroxylation is 1. The van der Waals surface area contributed by atoms with Crippen LogP contribution in [0.3, 0.4) is 0 Å². The zero-order chi connectivity index (χ0) is 20.9. The Morgan fingerprint density at radius 2 is 1.64 bits per heavy atom. The number of aromatic nitrogens is 3. The van der Waals surface area contributed by atoms with Gasteiger partial charge in [-0.3, -0.25) is 9.97 Å². The van der Waals surface area contributed by atoms with Gasteiger partial charge < -0.3 is 5.32 Å². The number of rotatable bonds is 4. The lowest BCUT2D eigenvalue weighted by Crippen LogP contribution is -1.94. The summed E-state index contributed by atoms with van der Waals surface area (Å²) in [5.74, 6) is 0.849. The summed E-state index contributed by atoms with van der Waals surface area (Å²) in [6.07, 6.45) is 10.5. The van der Waals surface area contributed by atoms with Crippen LogP contribution in [-0.2, 0) is 0 Å². The second-order valence-electron chi connectivity index (χ2n) is 5.91. The molecule has 0 amide bonds. The number of nitrogens with zero attached hydrogens (tertiary/aromatic N) is 3. The molecule has 0 saturated carbocycles. The van der Waals surface area contributed by atoms with Gasteiger partial charge in [0.05, 0.1) is 5.69 Å². The van der Waals surface area contributed by atoms with Crippen molar-refractivity contribution in [2.45, 2.75) is 13.8 Å². The van der Waals surface area contributed by atoms with E-state index < -0.39 is 0 Å². The smallest absolute Gasteiger partial charge is 0.135 e. The highest BCUT2D eigenvalue weighted by Gasteiger charge is 2.05. The van der Waals surface area contributed by atoms with E-state index in [-0.39, 0.29) is 0 Å². The van der Waals surface area contributed by atoms with Crippen molar-refractivity contribution in [3.8, 4) is 11.3 Å². The van der Waals surface area contributed by atoms with E-state index in [4.69, 9.17) is 0 Å². The van der Waals surface area contributed by atoms with Crippen LogP contribution in [0.5, 0.6) is 0 Å². The number of anilines is 1.